The van der Waals surface area contributed by atoms with Crippen LogP contribution < -0.4 is 0 Å². The molecule has 0 bridgehead atoms. The zero-order chi connectivity index (χ0) is 15.0. The van der Waals surface area contributed by atoms with Gasteiger partial charge in [-0.25, -0.2) is 13.6 Å². The topological polar surface area (TPSA) is 44.8 Å². The van der Waals surface area contributed by atoms with E-state index in [-0.39, 0.29) is 17.7 Å². The number of carbonyl (C=O) groups excluding carboxylic acids is 1. The quantitative estimate of drug-likeness (QED) is 0.784. The number of hydrogen-bond donors (Lipinski definition) is 0. The van der Waals surface area contributed by atoms with Crippen molar-refractivity contribution in [2.24, 2.45) is 0 Å². The first kappa shape index (κ1) is 14.2. The predicted molar refractivity (Wildman–Crippen MR) is 69.4 cm³/mol. The normalized spacial score (nSPS) is 26.1. The van der Waals surface area contributed by atoms with E-state index in [1.165, 1.54) is 6.07 Å². The monoisotopic (exact) mass is 296 g/mol. The van der Waals surface area contributed by atoms with Crippen LogP contribution in [0.15, 0.2) is 23.8 Å². The molecule has 1 aromatic carbocycles. The summed E-state index contributed by atoms with van der Waals surface area (Å²) in [5, 5.41) is 0. The van der Waals surface area contributed by atoms with Crippen molar-refractivity contribution in [2.75, 3.05) is 19.8 Å². The molecule has 0 amide bonds. The number of cyclic esters (lactones) is 1. The van der Waals surface area contributed by atoms with Gasteiger partial charge in [-0.05, 0) is 19.1 Å². The maximum Gasteiger partial charge on any atom is 0.339 e. The molecule has 0 saturated carbocycles. The lowest BCUT2D eigenvalue weighted by molar-refractivity contribution is -0.138. The van der Waals surface area contributed by atoms with Crippen molar-refractivity contribution in [2.45, 2.75) is 19.1 Å². The summed E-state index contributed by atoms with van der Waals surface area (Å²) in [5.41, 5.74) is -0.0201. The summed E-state index contributed by atoms with van der Waals surface area (Å²) >= 11 is 0. The van der Waals surface area contributed by atoms with E-state index in [0.717, 1.165) is 12.1 Å². The Labute approximate surface area is 120 Å². The van der Waals surface area contributed by atoms with Gasteiger partial charge >= 0.3 is 5.97 Å². The summed E-state index contributed by atoms with van der Waals surface area (Å²) in [7, 11) is 0. The summed E-state index contributed by atoms with van der Waals surface area (Å²) in [6, 6.07) is 3.47. The Morgan fingerprint density at radius 3 is 2.52 bits per heavy atom. The standard InChI is InChI=1S/C15H14F2O4/c1-8-12(11-7-19-5-6-20-11)14(15(18)21-8)13-9(16)3-2-4-10(13)17/h2-4,8,11H,5-7H2,1H3. The summed E-state index contributed by atoms with van der Waals surface area (Å²) < 4.78 is 44.0. The molecule has 2 aliphatic heterocycles. The summed E-state index contributed by atoms with van der Waals surface area (Å²) in [6.07, 6.45) is -1.13. The van der Waals surface area contributed by atoms with Crippen molar-refractivity contribution < 1.29 is 27.8 Å². The first-order valence-corrected chi connectivity index (χ1v) is 6.68. The smallest absolute Gasteiger partial charge is 0.339 e. The average Bonchev–Trinajstić information content (AvgIpc) is 2.75. The van der Waals surface area contributed by atoms with Crippen LogP contribution >= 0.6 is 0 Å². The van der Waals surface area contributed by atoms with Gasteiger partial charge in [-0.1, -0.05) is 6.07 Å². The molecule has 112 valence electrons. The van der Waals surface area contributed by atoms with Crippen LogP contribution in [0.5, 0.6) is 0 Å². The van der Waals surface area contributed by atoms with Gasteiger partial charge in [0.15, 0.2) is 0 Å². The summed E-state index contributed by atoms with van der Waals surface area (Å²) in [5.74, 6) is -2.34. The molecule has 2 aliphatic rings. The molecule has 0 radical (unpaired) electrons. The van der Waals surface area contributed by atoms with Crippen molar-refractivity contribution in [1.29, 1.82) is 0 Å². The molecule has 0 aliphatic carbocycles. The number of hydrogen-bond acceptors (Lipinski definition) is 4. The van der Waals surface area contributed by atoms with Crippen LogP contribution in [-0.2, 0) is 19.0 Å². The molecule has 0 N–H and O–H groups in total. The molecule has 1 fully saturated rings. The second-order valence-corrected chi connectivity index (χ2v) is 4.91. The van der Waals surface area contributed by atoms with E-state index in [9.17, 15) is 13.6 Å². The largest absolute Gasteiger partial charge is 0.454 e. The number of esters is 1. The van der Waals surface area contributed by atoms with E-state index in [1.54, 1.807) is 6.92 Å². The molecule has 21 heavy (non-hydrogen) atoms. The third-order valence-electron chi connectivity index (χ3n) is 3.59. The van der Waals surface area contributed by atoms with Crippen molar-refractivity contribution in [1.82, 2.24) is 0 Å². The van der Waals surface area contributed by atoms with Crippen molar-refractivity contribution >= 4 is 11.5 Å². The van der Waals surface area contributed by atoms with E-state index >= 15 is 0 Å². The maximum absolute atomic E-state index is 14.0. The Morgan fingerprint density at radius 2 is 1.90 bits per heavy atom. The lowest BCUT2D eigenvalue weighted by Crippen LogP contribution is -2.33. The van der Waals surface area contributed by atoms with E-state index in [2.05, 4.69) is 0 Å². The highest BCUT2D eigenvalue weighted by atomic mass is 19.1. The van der Waals surface area contributed by atoms with Crippen LogP contribution in [0.3, 0.4) is 0 Å². The molecular formula is C15H14F2O4. The summed E-state index contributed by atoms with van der Waals surface area (Å²) in [4.78, 5) is 12.0. The van der Waals surface area contributed by atoms with Crippen molar-refractivity contribution in [3.05, 3.63) is 41.0 Å². The number of halogens is 2. The highest BCUT2D eigenvalue weighted by Gasteiger charge is 2.39. The van der Waals surface area contributed by atoms with Gasteiger partial charge in [0.25, 0.3) is 0 Å². The van der Waals surface area contributed by atoms with Gasteiger partial charge in [-0.3, -0.25) is 0 Å². The Bertz CT molecular complexity index is 585. The molecule has 1 saturated heterocycles. The fourth-order valence-corrected chi connectivity index (χ4v) is 2.68. The average molecular weight is 296 g/mol. The third-order valence-corrected chi connectivity index (χ3v) is 3.59. The van der Waals surface area contributed by atoms with E-state index < -0.39 is 29.8 Å². The van der Waals surface area contributed by atoms with Gasteiger partial charge in [0, 0.05) is 5.57 Å². The Hall–Kier alpha value is -1.79. The lowest BCUT2D eigenvalue weighted by atomic mass is 9.94. The lowest BCUT2D eigenvalue weighted by Gasteiger charge is -2.26. The van der Waals surface area contributed by atoms with Crippen LogP contribution in [0.25, 0.3) is 5.57 Å². The van der Waals surface area contributed by atoms with E-state index in [1.807, 2.05) is 0 Å². The zero-order valence-corrected chi connectivity index (χ0v) is 11.4. The van der Waals surface area contributed by atoms with Gasteiger partial charge in [0.2, 0.25) is 0 Å². The molecule has 6 heteroatoms. The molecule has 2 heterocycles. The maximum atomic E-state index is 14.0. The van der Waals surface area contributed by atoms with Gasteiger partial charge in [-0.2, -0.15) is 0 Å². The number of carbonyl (C=O) groups is 1. The first-order chi connectivity index (χ1) is 10.1. The third kappa shape index (κ3) is 2.45. The van der Waals surface area contributed by atoms with Crippen LogP contribution in [-0.4, -0.2) is 38.0 Å². The van der Waals surface area contributed by atoms with Crippen LogP contribution in [0.1, 0.15) is 12.5 Å². The molecule has 3 rings (SSSR count). The fraction of sp³-hybridized carbons (Fsp3) is 0.400. The minimum Gasteiger partial charge on any atom is -0.454 e. The van der Waals surface area contributed by atoms with E-state index in [4.69, 9.17) is 14.2 Å². The second kappa shape index (κ2) is 5.54. The molecule has 1 aromatic rings. The Kier molecular flexibility index (Phi) is 3.73. The summed E-state index contributed by atoms with van der Waals surface area (Å²) in [6.45, 7) is 2.70. The molecule has 2 atom stereocenters. The van der Waals surface area contributed by atoms with Gasteiger partial charge in [-0.15, -0.1) is 0 Å². The van der Waals surface area contributed by atoms with Crippen LogP contribution in [0.4, 0.5) is 8.78 Å². The zero-order valence-electron chi connectivity index (χ0n) is 11.4. The number of rotatable bonds is 2. The molecule has 4 nitrogen and oxygen atoms in total. The number of benzene rings is 1. The minimum absolute atomic E-state index is 0.0893. The first-order valence-electron chi connectivity index (χ1n) is 6.68. The van der Waals surface area contributed by atoms with Crippen LogP contribution in [0.2, 0.25) is 0 Å². The highest BCUT2D eigenvalue weighted by molar-refractivity contribution is 6.20. The Morgan fingerprint density at radius 1 is 1.19 bits per heavy atom. The van der Waals surface area contributed by atoms with Crippen LogP contribution in [0, 0.1) is 11.6 Å². The van der Waals surface area contributed by atoms with Gasteiger partial charge < -0.3 is 14.2 Å². The van der Waals surface area contributed by atoms with Crippen molar-refractivity contribution in [3.63, 3.8) is 0 Å². The molecule has 0 spiro atoms. The van der Waals surface area contributed by atoms with Gasteiger partial charge in [0.05, 0.1) is 31.0 Å². The number of ether oxygens (including phenoxy) is 3. The fourth-order valence-electron chi connectivity index (χ4n) is 2.68. The Balaban J connectivity index is 2.14. The minimum atomic E-state index is -0.801. The highest BCUT2D eigenvalue weighted by Crippen LogP contribution is 2.36. The van der Waals surface area contributed by atoms with Gasteiger partial charge in [0.1, 0.15) is 23.8 Å². The SMILES string of the molecule is CC1OC(=O)C(c2c(F)cccc2F)=C1C1COCCO1. The van der Waals surface area contributed by atoms with Crippen molar-refractivity contribution in [3.8, 4) is 0 Å². The molecule has 2 unspecified atom stereocenters. The predicted octanol–water partition coefficient (Wildman–Crippen LogP) is 2.08. The second-order valence-electron chi connectivity index (χ2n) is 4.91. The van der Waals surface area contributed by atoms with E-state index in [0.29, 0.717) is 18.8 Å². The molecular weight excluding hydrogens is 282 g/mol. The molecule has 0 aromatic heterocycles.